The Balaban J connectivity index is 2.32. The van der Waals surface area contributed by atoms with E-state index >= 15 is 0 Å². The average molecular weight is 201 g/mol. The van der Waals surface area contributed by atoms with Crippen LogP contribution in [0.25, 0.3) is 0 Å². The lowest BCUT2D eigenvalue weighted by Gasteiger charge is -2.22. The van der Waals surface area contributed by atoms with E-state index in [0.29, 0.717) is 17.6 Å². The number of Topliss-reactive ketones (excluding diaryl/α,β-unsaturated/α-hetero) is 1. The molecular formula is C11H17ClO. The molecule has 0 heterocycles. The number of allylic oxidation sites excluding steroid dienone is 1. The first-order chi connectivity index (χ1) is 6.24. The van der Waals surface area contributed by atoms with Crippen molar-refractivity contribution in [1.29, 1.82) is 0 Å². The Morgan fingerprint density at radius 3 is 3.00 bits per heavy atom. The molecule has 0 bridgehead atoms. The smallest absolute Gasteiger partial charge is 0.133 e. The van der Waals surface area contributed by atoms with Crippen LogP contribution in [0.15, 0.2) is 12.2 Å². The van der Waals surface area contributed by atoms with Crippen LogP contribution in [0.2, 0.25) is 0 Å². The third-order valence-corrected chi connectivity index (χ3v) is 2.96. The molecule has 0 aromatic rings. The lowest BCUT2D eigenvalue weighted by Crippen LogP contribution is -2.16. The van der Waals surface area contributed by atoms with Crippen molar-refractivity contribution in [3.8, 4) is 0 Å². The normalized spacial score (nSPS) is 23.2. The lowest BCUT2D eigenvalue weighted by atomic mass is 9.82. The summed E-state index contributed by atoms with van der Waals surface area (Å²) in [5, 5.41) is 0. The molecule has 0 amide bonds. The van der Waals surface area contributed by atoms with Gasteiger partial charge in [0.15, 0.2) is 0 Å². The van der Waals surface area contributed by atoms with E-state index in [2.05, 4.69) is 6.58 Å². The summed E-state index contributed by atoms with van der Waals surface area (Å²) in [7, 11) is 0. The molecule has 0 aromatic heterocycles. The minimum absolute atomic E-state index is 0.406. The molecule has 1 aliphatic rings. The number of hydrogen-bond donors (Lipinski definition) is 0. The standard InChI is InChI=1S/C11H17ClO/c1-9(4-3-7-12)10-5-2-6-11(13)8-10/h10H,1-8H2. The maximum atomic E-state index is 11.2. The van der Waals surface area contributed by atoms with Crippen molar-refractivity contribution in [3.63, 3.8) is 0 Å². The number of alkyl halides is 1. The third-order valence-electron chi connectivity index (χ3n) is 2.69. The first kappa shape index (κ1) is 10.8. The van der Waals surface area contributed by atoms with Crippen molar-refractivity contribution in [2.75, 3.05) is 5.88 Å². The van der Waals surface area contributed by atoms with Crippen LogP contribution in [0.5, 0.6) is 0 Å². The molecule has 2 heteroatoms. The number of carbonyl (C=O) groups excluding carboxylic acids is 1. The van der Waals surface area contributed by atoms with Crippen LogP contribution in [0.4, 0.5) is 0 Å². The van der Waals surface area contributed by atoms with Gasteiger partial charge >= 0.3 is 0 Å². The number of halogens is 1. The van der Waals surface area contributed by atoms with Gasteiger partial charge in [-0.2, -0.15) is 0 Å². The van der Waals surface area contributed by atoms with Crippen molar-refractivity contribution in [1.82, 2.24) is 0 Å². The van der Waals surface area contributed by atoms with E-state index in [-0.39, 0.29) is 0 Å². The lowest BCUT2D eigenvalue weighted by molar-refractivity contribution is -0.121. The monoisotopic (exact) mass is 200 g/mol. The molecule has 1 rings (SSSR count). The van der Waals surface area contributed by atoms with Gasteiger partial charge in [-0.15, -0.1) is 11.6 Å². The topological polar surface area (TPSA) is 17.1 Å². The summed E-state index contributed by atoms with van der Waals surface area (Å²) < 4.78 is 0. The summed E-state index contributed by atoms with van der Waals surface area (Å²) in [6.45, 7) is 4.04. The maximum absolute atomic E-state index is 11.2. The van der Waals surface area contributed by atoms with Crippen LogP contribution in [0.3, 0.4) is 0 Å². The third kappa shape index (κ3) is 3.51. The summed E-state index contributed by atoms with van der Waals surface area (Å²) in [4.78, 5) is 11.2. The van der Waals surface area contributed by atoms with E-state index in [1.54, 1.807) is 0 Å². The van der Waals surface area contributed by atoms with Gasteiger partial charge in [-0.25, -0.2) is 0 Å². The van der Waals surface area contributed by atoms with E-state index in [9.17, 15) is 4.79 Å². The second-order valence-electron chi connectivity index (χ2n) is 3.78. The predicted octanol–water partition coefficient (Wildman–Crippen LogP) is 3.32. The Bertz CT molecular complexity index is 198. The fourth-order valence-corrected chi connectivity index (χ4v) is 2.00. The second kappa shape index (κ2) is 5.43. The van der Waals surface area contributed by atoms with Gasteiger partial charge < -0.3 is 0 Å². The van der Waals surface area contributed by atoms with Crippen LogP contribution in [0.1, 0.15) is 38.5 Å². The summed E-state index contributed by atoms with van der Waals surface area (Å²) in [5.74, 6) is 1.55. The predicted molar refractivity (Wildman–Crippen MR) is 56.1 cm³/mol. The van der Waals surface area contributed by atoms with Crippen molar-refractivity contribution in [2.24, 2.45) is 5.92 Å². The molecule has 1 nitrogen and oxygen atoms in total. The number of hydrogen-bond acceptors (Lipinski definition) is 1. The zero-order valence-corrected chi connectivity index (χ0v) is 8.78. The Morgan fingerprint density at radius 2 is 2.38 bits per heavy atom. The van der Waals surface area contributed by atoms with Gasteiger partial charge in [-0.1, -0.05) is 12.2 Å². The zero-order valence-electron chi connectivity index (χ0n) is 8.02. The largest absolute Gasteiger partial charge is 0.300 e. The first-order valence-electron chi connectivity index (χ1n) is 4.99. The highest BCUT2D eigenvalue weighted by molar-refractivity contribution is 6.17. The van der Waals surface area contributed by atoms with E-state index in [1.807, 2.05) is 0 Å². The molecule has 1 unspecified atom stereocenters. The fraction of sp³-hybridized carbons (Fsp3) is 0.727. The van der Waals surface area contributed by atoms with Crippen molar-refractivity contribution < 1.29 is 4.79 Å². The highest BCUT2D eigenvalue weighted by atomic mass is 35.5. The van der Waals surface area contributed by atoms with Crippen LogP contribution in [0, 0.1) is 5.92 Å². The van der Waals surface area contributed by atoms with Crippen LogP contribution >= 0.6 is 11.6 Å². The Labute approximate surface area is 85.2 Å². The Hall–Kier alpha value is -0.300. The van der Waals surface area contributed by atoms with Crippen LogP contribution in [-0.2, 0) is 4.79 Å². The number of ketones is 1. The van der Waals surface area contributed by atoms with Crippen molar-refractivity contribution in [2.45, 2.75) is 38.5 Å². The molecule has 0 spiro atoms. The molecule has 0 saturated heterocycles. The van der Waals surface area contributed by atoms with E-state index < -0.39 is 0 Å². The van der Waals surface area contributed by atoms with E-state index in [0.717, 1.165) is 38.5 Å². The van der Waals surface area contributed by atoms with Crippen LogP contribution in [-0.4, -0.2) is 11.7 Å². The quantitative estimate of drug-likeness (QED) is 0.503. The minimum atomic E-state index is 0.406. The zero-order chi connectivity index (χ0) is 9.68. The Kier molecular flexibility index (Phi) is 4.51. The van der Waals surface area contributed by atoms with Crippen LogP contribution < -0.4 is 0 Å². The van der Waals surface area contributed by atoms with E-state index in [4.69, 9.17) is 11.6 Å². The highest BCUT2D eigenvalue weighted by Gasteiger charge is 2.20. The first-order valence-corrected chi connectivity index (χ1v) is 5.53. The molecular weight excluding hydrogens is 184 g/mol. The number of rotatable bonds is 4. The summed E-state index contributed by atoms with van der Waals surface area (Å²) >= 11 is 5.61. The Morgan fingerprint density at radius 1 is 1.62 bits per heavy atom. The van der Waals surface area contributed by atoms with Gasteiger partial charge in [0.05, 0.1) is 0 Å². The van der Waals surface area contributed by atoms with Gasteiger partial charge in [0.1, 0.15) is 5.78 Å². The fourth-order valence-electron chi connectivity index (χ4n) is 1.87. The molecule has 0 radical (unpaired) electrons. The average Bonchev–Trinajstić information content (AvgIpc) is 2.14. The van der Waals surface area contributed by atoms with Gasteiger partial charge in [0.2, 0.25) is 0 Å². The minimum Gasteiger partial charge on any atom is -0.300 e. The molecule has 1 fully saturated rings. The van der Waals surface area contributed by atoms with Gasteiger partial charge in [0.25, 0.3) is 0 Å². The number of carbonyl (C=O) groups is 1. The van der Waals surface area contributed by atoms with Gasteiger partial charge in [0, 0.05) is 18.7 Å². The van der Waals surface area contributed by atoms with E-state index in [1.165, 1.54) is 5.57 Å². The van der Waals surface area contributed by atoms with Gasteiger partial charge in [-0.3, -0.25) is 4.79 Å². The molecule has 1 atom stereocenters. The summed E-state index contributed by atoms with van der Waals surface area (Å²) in [6.07, 6.45) is 5.67. The molecule has 1 aliphatic carbocycles. The molecule has 0 aromatic carbocycles. The molecule has 0 aliphatic heterocycles. The maximum Gasteiger partial charge on any atom is 0.133 e. The molecule has 1 saturated carbocycles. The second-order valence-corrected chi connectivity index (χ2v) is 4.16. The highest BCUT2D eigenvalue weighted by Crippen LogP contribution is 2.29. The van der Waals surface area contributed by atoms with Crippen molar-refractivity contribution >= 4 is 17.4 Å². The summed E-state index contributed by atoms with van der Waals surface area (Å²) in [5.41, 5.74) is 1.23. The van der Waals surface area contributed by atoms with Gasteiger partial charge in [-0.05, 0) is 31.6 Å². The molecule has 0 N–H and O–H groups in total. The SMILES string of the molecule is C=C(CCCCl)C1CCCC(=O)C1. The summed E-state index contributed by atoms with van der Waals surface area (Å²) in [6, 6.07) is 0. The van der Waals surface area contributed by atoms with Crippen molar-refractivity contribution in [3.05, 3.63) is 12.2 Å². The molecule has 13 heavy (non-hydrogen) atoms. The molecule has 74 valence electrons.